The number of esters is 1. The van der Waals surface area contributed by atoms with E-state index in [0.29, 0.717) is 10.2 Å². The zero-order valence-electron chi connectivity index (χ0n) is 13.7. The second-order valence-corrected chi connectivity index (χ2v) is 6.27. The van der Waals surface area contributed by atoms with E-state index in [-0.39, 0.29) is 5.69 Å². The van der Waals surface area contributed by atoms with Crippen LogP contribution in [0.1, 0.15) is 12.5 Å². The Morgan fingerprint density at radius 1 is 1.24 bits per heavy atom. The standard InChI is InChI=1S/C18H17BrFNO4/c1-11-4-3-5-14(8-11)25-12(2)18(23)24-10-17(22)21-16-7-6-13(19)9-15(16)20/h3-9,12H,10H2,1-2H3,(H,21,22)/t12-/m1/s1. The topological polar surface area (TPSA) is 64.6 Å². The highest BCUT2D eigenvalue weighted by Gasteiger charge is 2.18. The van der Waals surface area contributed by atoms with E-state index in [4.69, 9.17) is 9.47 Å². The van der Waals surface area contributed by atoms with Crippen LogP contribution in [-0.4, -0.2) is 24.6 Å². The predicted octanol–water partition coefficient (Wildman–Crippen LogP) is 3.85. The lowest BCUT2D eigenvalue weighted by molar-refractivity contribution is -0.153. The number of benzene rings is 2. The Morgan fingerprint density at radius 2 is 2.00 bits per heavy atom. The van der Waals surface area contributed by atoms with Crippen LogP contribution in [0.15, 0.2) is 46.9 Å². The summed E-state index contributed by atoms with van der Waals surface area (Å²) in [5.41, 5.74) is 1.00. The summed E-state index contributed by atoms with van der Waals surface area (Å²) >= 11 is 3.12. The van der Waals surface area contributed by atoms with Crippen molar-refractivity contribution in [2.24, 2.45) is 0 Å². The van der Waals surface area contributed by atoms with Crippen molar-refractivity contribution in [3.05, 3.63) is 58.3 Å². The first-order valence-electron chi connectivity index (χ1n) is 7.50. The Kier molecular flexibility index (Phi) is 6.52. The first kappa shape index (κ1) is 18.9. The third-order valence-corrected chi connectivity index (χ3v) is 3.68. The van der Waals surface area contributed by atoms with Crippen LogP contribution in [0.3, 0.4) is 0 Å². The molecule has 1 N–H and O–H groups in total. The number of anilines is 1. The monoisotopic (exact) mass is 409 g/mol. The highest BCUT2D eigenvalue weighted by molar-refractivity contribution is 9.10. The quantitative estimate of drug-likeness (QED) is 0.735. The van der Waals surface area contributed by atoms with Crippen LogP contribution < -0.4 is 10.1 Å². The molecule has 0 fully saturated rings. The van der Waals surface area contributed by atoms with Crippen molar-refractivity contribution in [3.8, 4) is 5.75 Å². The third-order valence-electron chi connectivity index (χ3n) is 3.19. The predicted molar refractivity (Wildman–Crippen MR) is 95.0 cm³/mol. The molecular weight excluding hydrogens is 393 g/mol. The second kappa shape index (κ2) is 8.62. The SMILES string of the molecule is Cc1cccc(O[C@H](C)C(=O)OCC(=O)Nc2ccc(Br)cc2F)c1. The van der Waals surface area contributed by atoms with Gasteiger partial charge in [0.05, 0.1) is 5.69 Å². The van der Waals surface area contributed by atoms with Crippen LogP contribution in [-0.2, 0) is 14.3 Å². The molecule has 2 rings (SSSR count). The fourth-order valence-corrected chi connectivity index (χ4v) is 2.31. The third kappa shape index (κ3) is 5.86. The number of carbonyl (C=O) groups is 2. The van der Waals surface area contributed by atoms with Crippen LogP contribution in [0.5, 0.6) is 5.75 Å². The highest BCUT2D eigenvalue weighted by atomic mass is 79.9. The summed E-state index contributed by atoms with van der Waals surface area (Å²) in [5.74, 6) is -1.39. The van der Waals surface area contributed by atoms with Gasteiger partial charge in [-0.25, -0.2) is 9.18 Å². The van der Waals surface area contributed by atoms with Crippen LogP contribution in [0.2, 0.25) is 0 Å². The van der Waals surface area contributed by atoms with Crippen molar-refractivity contribution in [2.75, 3.05) is 11.9 Å². The molecule has 5 nitrogen and oxygen atoms in total. The zero-order valence-corrected chi connectivity index (χ0v) is 15.3. The molecule has 2 aromatic rings. The summed E-state index contributed by atoms with van der Waals surface area (Å²) in [6.07, 6.45) is -0.876. The van der Waals surface area contributed by atoms with E-state index in [2.05, 4.69) is 21.2 Å². The largest absolute Gasteiger partial charge is 0.479 e. The molecule has 2 aromatic carbocycles. The number of hydrogen-bond acceptors (Lipinski definition) is 4. The maximum Gasteiger partial charge on any atom is 0.347 e. The maximum absolute atomic E-state index is 13.6. The summed E-state index contributed by atoms with van der Waals surface area (Å²) in [5, 5.41) is 2.34. The first-order valence-corrected chi connectivity index (χ1v) is 8.29. The number of hydrogen-bond donors (Lipinski definition) is 1. The van der Waals surface area contributed by atoms with Gasteiger partial charge >= 0.3 is 5.97 Å². The molecule has 0 aromatic heterocycles. The summed E-state index contributed by atoms with van der Waals surface area (Å²) in [4.78, 5) is 23.7. The molecule has 25 heavy (non-hydrogen) atoms. The van der Waals surface area contributed by atoms with Gasteiger partial charge in [-0.15, -0.1) is 0 Å². The van der Waals surface area contributed by atoms with Gasteiger partial charge in [0.2, 0.25) is 0 Å². The van der Waals surface area contributed by atoms with E-state index < -0.39 is 30.4 Å². The average Bonchev–Trinajstić information content (AvgIpc) is 2.55. The molecule has 1 atom stereocenters. The molecule has 1 amide bonds. The second-order valence-electron chi connectivity index (χ2n) is 5.36. The molecule has 0 radical (unpaired) electrons. The molecular formula is C18H17BrFNO4. The van der Waals surface area contributed by atoms with Crippen LogP contribution >= 0.6 is 15.9 Å². The minimum atomic E-state index is -0.876. The van der Waals surface area contributed by atoms with Crippen molar-refractivity contribution >= 4 is 33.5 Å². The van der Waals surface area contributed by atoms with Crippen molar-refractivity contribution in [3.63, 3.8) is 0 Å². The maximum atomic E-state index is 13.6. The van der Waals surface area contributed by atoms with Crippen molar-refractivity contribution < 1.29 is 23.5 Å². The molecule has 0 heterocycles. The smallest absolute Gasteiger partial charge is 0.347 e. The number of rotatable bonds is 6. The molecule has 7 heteroatoms. The van der Waals surface area contributed by atoms with Crippen molar-refractivity contribution in [1.29, 1.82) is 0 Å². The molecule has 0 bridgehead atoms. The molecule has 0 aliphatic carbocycles. The lowest BCUT2D eigenvalue weighted by atomic mass is 10.2. The van der Waals surface area contributed by atoms with E-state index in [9.17, 15) is 14.0 Å². The van der Waals surface area contributed by atoms with Gasteiger partial charge in [-0.3, -0.25) is 4.79 Å². The molecule has 0 unspecified atom stereocenters. The lowest BCUT2D eigenvalue weighted by Crippen LogP contribution is -2.29. The lowest BCUT2D eigenvalue weighted by Gasteiger charge is -2.14. The van der Waals surface area contributed by atoms with Gasteiger partial charge in [-0.2, -0.15) is 0 Å². The van der Waals surface area contributed by atoms with Crippen LogP contribution in [0.25, 0.3) is 0 Å². The van der Waals surface area contributed by atoms with E-state index in [0.717, 1.165) is 5.56 Å². The van der Waals surface area contributed by atoms with Gasteiger partial charge in [0.25, 0.3) is 5.91 Å². The van der Waals surface area contributed by atoms with Gasteiger partial charge in [-0.05, 0) is 49.7 Å². The average molecular weight is 410 g/mol. The molecule has 0 saturated carbocycles. The summed E-state index contributed by atoms with van der Waals surface area (Å²) in [6.45, 7) is 2.90. The molecule has 0 saturated heterocycles. The molecule has 0 spiro atoms. The number of carbonyl (C=O) groups excluding carboxylic acids is 2. The van der Waals surface area contributed by atoms with Gasteiger partial charge in [0, 0.05) is 4.47 Å². The van der Waals surface area contributed by atoms with E-state index in [1.54, 1.807) is 18.2 Å². The number of nitrogens with one attached hydrogen (secondary N) is 1. The molecule has 132 valence electrons. The van der Waals surface area contributed by atoms with Gasteiger partial charge in [-0.1, -0.05) is 28.1 Å². The van der Waals surface area contributed by atoms with E-state index in [1.807, 2.05) is 19.1 Å². The van der Waals surface area contributed by atoms with E-state index in [1.165, 1.54) is 19.1 Å². The number of aryl methyl sites for hydroxylation is 1. The Balaban J connectivity index is 1.83. The summed E-state index contributed by atoms with van der Waals surface area (Å²) < 4.78 is 24.6. The number of ether oxygens (including phenoxy) is 2. The van der Waals surface area contributed by atoms with E-state index >= 15 is 0 Å². The van der Waals surface area contributed by atoms with Crippen molar-refractivity contribution in [1.82, 2.24) is 0 Å². The fourth-order valence-electron chi connectivity index (χ4n) is 1.97. The van der Waals surface area contributed by atoms with Crippen LogP contribution in [0, 0.1) is 12.7 Å². The summed E-state index contributed by atoms with van der Waals surface area (Å²) in [6, 6.07) is 11.4. The van der Waals surface area contributed by atoms with Gasteiger partial charge in [0.15, 0.2) is 12.7 Å². The fraction of sp³-hybridized carbons (Fsp3) is 0.222. The summed E-state index contributed by atoms with van der Waals surface area (Å²) in [7, 11) is 0. The molecule has 0 aliphatic rings. The first-order chi connectivity index (χ1) is 11.8. The van der Waals surface area contributed by atoms with Crippen molar-refractivity contribution in [2.45, 2.75) is 20.0 Å². The van der Waals surface area contributed by atoms with Gasteiger partial charge < -0.3 is 14.8 Å². The van der Waals surface area contributed by atoms with Gasteiger partial charge in [0.1, 0.15) is 11.6 Å². The Labute approximate surface area is 153 Å². The minimum Gasteiger partial charge on any atom is -0.479 e. The Morgan fingerprint density at radius 3 is 2.68 bits per heavy atom. The Bertz CT molecular complexity index is 781. The zero-order chi connectivity index (χ0) is 18.4. The number of amides is 1. The van der Waals surface area contributed by atoms with Crippen LogP contribution in [0.4, 0.5) is 10.1 Å². The normalized spacial score (nSPS) is 11.5. The highest BCUT2D eigenvalue weighted by Crippen LogP contribution is 2.19. The number of halogens is 2. The minimum absolute atomic E-state index is 0.00769. The Hall–Kier alpha value is -2.41. The molecule has 0 aliphatic heterocycles.